The smallest absolute Gasteiger partial charge is 0.284 e. The van der Waals surface area contributed by atoms with Crippen molar-refractivity contribution in [1.82, 2.24) is 4.90 Å². The Bertz CT molecular complexity index is 1060. The molecule has 0 heterocycles. The second-order valence-corrected chi connectivity index (χ2v) is 8.64. The average Bonchev–Trinajstić information content (AvgIpc) is 2.86. The first kappa shape index (κ1) is 24.6. The maximum Gasteiger partial charge on any atom is 0.284 e. The number of methoxy groups -OCH3 is 1. The minimum atomic E-state index is -0.290. The molecule has 0 aliphatic heterocycles. The maximum absolute atomic E-state index is 12.3. The molecule has 33 heavy (non-hydrogen) atoms. The van der Waals surface area contributed by atoms with Gasteiger partial charge in [0, 0.05) is 17.2 Å². The lowest BCUT2D eigenvalue weighted by molar-refractivity contribution is -0.374. The first-order valence-corrected chi connectivity index (χ1v) is 12.1. The third-order valence-corrected chi connectivity index (χ3v) is 6.55. The van der Waals surface area contributed by atoms with E-state index >= 15 is 0 Å². The summed E-state index contributed by atoms with van der Waals surface area (Å²) in [5.41, 5.74) is 2.83. The fraction of sp³-hybridized carbons (Fsp3) is 0.259. The normalized spacial score (nSPS) is 11.9. The van der Waals surface area contributed by atoms with Crippen LogP contribution in [0.5, 0.6) is 5.75 Å². The van der Waals surface area contributed by atoms with Crippen molar-refractivity contribution in [1.29, 1.82) is 0 Å². The molecule has 0 aromatic heterocycles. The fourth-order valence-electron chi connectivity index (χ4n) is 3.69. The number of rotatable bonds is 11. The zero-order valence-corrected chi connectivity index (χ0v) is 20.2. The Kier molecular flexibility index (Phi) is 9.10. The lowest BCUT2D eigenvalue weighted by atomic mass is 9.93. The largest absolute Gasteiger partial charge is 0.497 e. The third kappa shape index (κ3) is 6.46. The van der Waals surface area contributed by atoms with Gasteiger partial charge in [0.1, 0.15) is 5.75 Å². The van der Waals surface area contributed by atoms with E-state index in [4.69, 9.17) is 4.74 Å². The highest BCUT2D eigenvalue weighted by Crippen LogP contribution is 2.34. The van der Waals surface area contributed by atoms with E-state index in [9.17, 15) is 10.1 Å². The number of ether oxygens (including phenoxy) is 1. The Morgan fingerprint density at radius 3 is 1.97 bits per heavy atom. The van der Waals surface area contributed by atoms with E-state index in [1.165, 1.54) is 0 Å². The quantitative estimate of drug-likeness (QED) is 0.144. The van der Waals surface area contributed by atoms with Crippen molar-refractivity contribution in [2.75, 3.05) is 32.5 Å². The summed E-state index contributed by atoms with van der Waals surface area (Å²) in [4.78, 5) is 15.5. The molecule has 0 aliphatic rings. The van der Waals surface area contributed by atoms with Gasteiger partial charge in [-0.15, -0.1) is 11.8 Å². The summed E-state index contributed by atoms with van der Waals surface area (Å²) in [5, 5.41) is 12.3. The van der Waals surface area contributed by atoms with Gasteiger partial charge in [0.25, 0.3) is 5.70 Å². The minimum Gasteiger partial charge on any atom is -0.497 e. The zero-order chi connectivity index (χ0) is 23.6. The molecule has 0 aliphatic carbocycles. The molecular weight excluding hydrogens is 432 g/mol. The van der Waals surface area contributed by atoms with Crippen LogP contribution in [0.25, 0.3) is 11.3 Å². The summed E-state index contributed by atoms with van der Waals surface area (Å²) in [6.07, 6.45) is 0. The maximum atomic E-state index is 12.3. The minimum absolute atomic E-state index is 0.0858. The van der Waals surface area contributed by atoms with Crippen LogP contribution in [-0.4, -0.2) is 42.3 Å². The molecule has 5 nitrogen and oxygen atoms in total. The Balaban J connectivity index is 2.00. The van der Waals surface area contributed by atoms with Gasteiger partial charge in [0.2, 0.25) is 0 Å². The summed E-state index contributed by atoms with van der Waals surface area (Å²) < 4.78 is 5.28. The van der Waals surface area contributed by atoms with Crippen LogP contribution >= 0.6 is 11.8 Å². The van der Waals surface area contributed by atoms with Crippen molar-refractivity contribution in [3.8, 4) is 5.75 Å². The Labute approximate surface area is 200 Å². The van der Waals surface area contributed by atoms with Gasteiger partial charge < -0.3 is 9.64 Å². The van der Waals surface area contributed by atoms with Crippen molar-refractivity contribution in [2.24, 2.45) is 0 Å². The van der Waals surface area contributed by atoms with Gasteiger partial charge in [0.05, 0.1) is 23.2 Å². The van der Waals surface area contributed by atoms with Gasteiger partial charge in [0.15, 0.2) is 0 Å². The van der Waals surface area contributed by atoms with Crippen molar-refractivity contribution >= 4 is 23.0 Å². The van der Waals surface area contributed by atoms with E-state index in [0.29, 0.717) is 16.9 Å². The Hall–Kier alpha value is -3.09. The third-order valence-electron chi connectivity index (χ3n) is 5.56. The molecule has 0 bridgehead atoms. The summed E-state index contributed by atoms with van der Waals surface area (Å²) >= 11 is 1.80. The van der Waals surface area contributed by atoms with Crippen LogP contribution in [0.1, 0.15) is 30.5 Å². The van der Waals surface area contributed by atoms with E-state index in [-0.39, 0.29) is 10.6 Å². The molecule has 0 fully saturated rings. The monoisotopic (exact) mass is 462 g/mol. The number of nitrogens with zero attached hydrogens (tertiary/aromatic N) is 2. The van der Waals surface area contributed by atoms with Gasteiger partial charge >= 0.3 is 0 Å². The number of thioether (sulfide) groups is 1. The van der Waals surface area contributed by atoms with Crippen LogP contribution in [0.2, 0.25) is 0 Å². The van der Waals surface area contributed by atoms with Crippen LogP contribution in [0.3, 0.4) is 0 Å². The standard InChI is InChI=1S/C27H30N2O3S/c1-4-28(5-2)19-20-33-25-17-13-22(14-18-25)26(21-11-15-24(32-3)16-12-21)27(29(30)31)23-9-7-6-8-10-23/h6-18H,4-5,19-20H2,1-3H3/b27-26+. The van der Waals surface area contributed by atoms with E-state index in [2.05, 4.69) is 18.7 Å². The molecule has 3 rings (SSSR count). The molecule has 0 amide bonds. The van der Waals surface area contributed by atoms with Crippen molar-refractivity contribution in [2.45, 2.75) is 18.7 Å². The van der Waals surface area contributed by atoms with Crippen LogP contribution in [0.4, 0.5) is 0 Å². The van der Waals surface area contributed by atoms with Crippen LogP contribution in [0, 0.1) is 10.1 Å². The highest BCUT2D eigenvalue weighted by atomic mass is 32.2. The summed E-state index contributed by atoms with van der Waals surface area (Å²) in [7, 11) is 1.61. The number of hydrogen-bond donors (Lipinski definition) is 0. The van der Waals surface area contributed by atoms with Crippen LogP contribution < -0.4 is 4.74 Å². The lowest BCUT2D eigenvalue weighted by Gasteiger charge is -2.17. The van der Waals surface area contributed by atoms with E-state index < -0.39 is 0 Å². The second kappa shape index (κ2) is 12.2. The molecule has 3 aromatic carbocycles. The number of hydrogen-bond acceptors (Lipinski definition) is 5. The highest BCUT2D eigenvalue weighted by Gasteiger charge is 2.24. The SMILES string of the molecule is CCN(CC)CCSc1ccc(/C(=C(\c2ccccc2)[N+](=O)[O-])c2ccc(OC)cc2)cc1. The molecule has 172 valence electrons. The number of benzene rings is 3. The molecule has 0 radical (unpaired) electrons. The van der Waals surface area contributed by atoms with Crippen molar-refractivity contribution in [3.05, 3.63) is 106 Å². The zero-order valence-electron chi connectivity index (χ0n) is 19.4. The van der Waals surface area contributed by atoms with Crippen LogP contribution in [0.15, 0.2) is 83.8 Å². The molecule has 0 spiro atoms. The summed E-state index contributed by atoms with van der Waals surface area (Å²) in [6.45, 7) is 7.49. The molecule has 6 heteroatoms. The summed E-state index contributed by atoms with van der Waals surface area (Å²) in [5.74, 6) is 1.72. The molecule has 0 saturated carbocycles. The molecule has 0 N–H and O–H groups in total. The second-order valence-electron chi connectivity index (χ2n) is 7.47. The first-order chi connectivity index (χ1) is 16.1. The predicted molar refractivity (Wildman–Crippen MR) is 137 cm³/mol. The van der Waals surface area contributed by atoms with Gasteiger partial charge in [-0.1, -0.05) is 56.3 Å². The molecule has 0 atom stereocenters. The average molecular weight is 463 g/mol. The Morgan fingerprint density at radius 1 is 0.879 bits per heavy atom. The van der Waals surface area contributed by atoms with E-state index in [0.717, 1.165) is 41.4 Å². The fourth-order valence-corrected chi connectivity index (χ4v) is 4.60. The van der Waals surface area contributed by atoms with Gasteiger partial charge in [-0.05, 0) is 60.6 Å². The van der Waals surface area contributed by atoms with Gasteiger partial charge in [-0.3, -0.25) is 10.1 Å². The number of nitro groups is 1. The van der Waals surface area contributed by atoms with Crippen molar-refractivity contribution in [3.63, 3.8) is 0 Å². The molecule has 0 saturated heterocycles. The van der Waals surface area contributed by atoms with E-state index in [1.54, 1.807) is 31.0 Å². The van der Waals surface area contributed by atoms with E-state index in [1.807, 2.05) is 66.7 Å². The first-order valence-electron chi connectivity index (χ1n) is 11.1. The topological polar surface area (TPSA) is 55.6 Å². The lowest BCUT2D eigenvalue weighted by Crippen LogP contribution is -2.25. The van der Waals surface area contributed by atoms with Crippen LogP contribution in [-0.2, 0) is 0 Å². The van der Waals surface area contributed by atoms with Gasteiger partial charge in [-0.25, -0.2) is 0 Å². The molecule has 3 aromatic rings. The van der Waals surface area contributed by atoms with Gasteiger partial charge in [-0.2, -0.15) is 0 Å². The predicted octanol–water partition coefficient (Wildman–Crippen LogP) is 6.32. The molecular formula is C27H30N2O3S. The van der Waals surface area contributed by atoms with Crippen molar-refractivity contribution < 1.29 is 9.66 Å². The highest BCUT2D eigenvalue weighted by molar-refractivity contribution is 7.99. The Morgan fingerprint density at radius 2 is 1.45 bits per heavy atom. The molecule has 0 unspecified atom stereocenters. The summed E-state index contributed by atoms with van der Waals surface area (Å²) in [6, 6.07) is 24.5.